The number of hydrogen-bond donors (Lipinski definition) is 3. The average molecular weight is 898 g/mol. The molecule has 0 aromatic carbocycles. The summed E-state index contributed by atoms with van der Waals surface area (Å²) in [5.74, 6) is -0.501. The molecular formula is C58H107NO5. The van der Waals surface area contributed by atoms with Gasteiger partial charge in [-0.25, -0.2) is 0 Å². The maximum absolute atomic E-state index is 13.2. The molecule has 3 unspecified atom stereocenters. The van der Waals surface area contributed by atoms with Crippen molar-refractivity contribution in [2.75, 3.05) is 6.61 Å². The number of aliphatic hydroxyl groups excluding tert-OH is 2. The number of unbranched alkanes of at least 4 members (excludes halogenated alkanes) is 33. The minimum Gasteiger partial charge on any atom is -0.462 e. The molecule has 0 aliphatic carbocycles. The Hall–Kier alpha value is -2.18. The Morgan fingerprint density at radius 1 is 0.453 bits per heavy atom. The number of nitrogens with one attached hydrogen (secondary N) is 1. The van der Waals surface area contributed by atoms with E-state index >= 15 is 0 Å². The highest BCUT2D eigenvalue weighted by molar-refractivity contribution is 5.77. The lowest BCUT2D eigenvalue weighted by Gasteiger charge is -2.24. The van der Waals surface area contributed by atoms with Crippen LogP contribution in [-0.2, 0) is 14.3 Å². The second kappa shape index (κ2) is 51.8. The maximum atomic E-state index is 13.2. The molecule has 0 fully saturated rings. The molecular weight excluding hydrogens is 791 g/mol. The van der Waals surface area contributed by atoms with Gasteiger partial charge in [-0.3, -0.25) is 9.59 Å². The zero-order valence-corrected chi connectivity index (χ0v) is 42.7. The number of hydrogen-bond acceptors (Lipinski definition) is 5. The fourth-order valence-corrected chi connectivity index (χ4v) is 8.50. The normalized spacial score (nSPS) is 13.5. The van der Waals surface area contributed by atoms with Crippen LogP contribution < -0.4 is 5.32 Å². The summed E-state index contributed by atoms with van der Waals surface area (Å²) in [7, 11) is 0. The Morgan fingerprint density at radius 3 is 1.23 bits per heavy atom. The zero-order valence-electron chi connectivity index (χ0n) is 42.7. The predicted octanol–water partition coefficient (Wildman–Crippen LogP) is 17.0. The van der Waals surface area contributed by atoms with E-state index in [-0.39, 0.29) is 24.9 Å². The Morgan fingerprint density at radius 2 is 0.797 bits per heavy atom. The van der Waals surface area contributed by atoms with Crippen molar-refractivity contribution in [3.8, 4) is 0 Å². The molecule has 0 saturated heterocycles. The van der Waals surface area contributed by atoms with E-state index in [1.165, 1.54) is 167 Å². The fraction of sp³-hybridized carbons (Fsp3) is 0.828. The molecule has 6 nitrogen and oxygen atoms in total. The van der Waals surface area contributed by atoms with E-state index in [0.717, 1.165) is 70.6 Å². The lowest BCUT2D eigenvalue weighted by Crippen LogP contribution is -2.46. The summed E-state index contributed by atoms with van der Waals surface area (Å²) in [6, 6.07) is -0.713. The van der Waals surface area contributed by atoms with Crippen LogP contribution in [0.1, 0.15) is 284 Å². The summed E-state index contributed by atoms with van der Waals surface area (Å²) in [6.45, 7) is 6.44. The van der Waals surface area contributed by atoms with E-state index in [0.29, 0.717) is 19.3 Å². The van der Waals surface area contributed by atoms with Crippen LogP contribution >= 0.6 is 0 Å². The van der Waals surface area contributed by atoms with Gasteiger partial charge in [0.15, 0.2) is 0 Å². The van der Waals surface area contributed by atoms with Gasteiger partial charge in [-0.05, 0) is 51.4 Å². The summed E-state index contributed by atoms with van der Waals surface area (Å²) >= 11 is 0. The molecule has 374 valence electrons. The molecule has 6 heteroatoms. The van der Waals surface area contributed by atoms with Crippen molar-refractivity contribution in [2.24, 2.45) is 0 Å². The standard InChI is InChI=1S/C58H107NO5/c1-4-7-10-13-16-19-22-24-26-28-29-30-32-34-36-39-42-45-48-51-58(63)64-54(49-46-43-40-37-35-33-31-27-25-23-20-17-14-11-8-5-2)52-57(62)59-55(53-60)56(61)50-47-44-41-38-21-18-15-12-9-6-3/h17,20,23,25,27,31,33,35,54-56,60-61H,4-16,18-19,21-22,24,26,28-30,32,34,36-53H2,1-3H3,(H,59,62)/b20-17+,25-23+,31-27+,35-33+. The second-order valence-corrected chi connectivity index (χ2v) is 19.1. The van der Waals surface area contributed by atoms with Gasteiger partial charge in [-0.1, -0.05) is 268 Å². The minimum absolute atomic E-state index is 0.0541. The van der Waals surface area contributed by atoms with Crippen LogP contribution in [0, 0.1) is 0 Å². The van der Waals surface area contributed by atoms with Gasteiger partial charge in [0, 0.05) is 6.42 Å². The fourth-order valence-electron chi connectivity index (χ4n) is 8.50. The van der Waals surface area contributed by atoms with Crippen molar-refractivity contribution in [1.29, 1.82) is 0 Å². The Bertz CT molecular complexity index is 1100. The maximum Gasteiger partial charge on any atom is 0.306 e. The van der Waals surface area contributed by atoms with Gasteiger partial charge in [0.1, 0.15) is 6.10 Å². The van der Waals surface area contributed by atoms with Gasteiger partial charge in [0.2, 0.25) is 5.91 Å². The van der Waals surface area contributed by atoms with Gasteiger partial charge in [0.05, 0.1) is 25.2 Å². The van der Waals surface area contributed by atoms with Crippen LogP contribution in [0.3, 0.4) is 0 Å². The third kappa shape index (κ3) is 46.4. The van der Waals surface area contributed by atoms with Crippen molar-refractivity contribution in [2.45, 2.75) is 302 Å². The van der Waals surface area contributed by atoms with Crippen LogP contribution in [0.2, 0.25) is 0 Å². The molecule has 3 N–H and O–H groups in total. The summed E-state index contributed by atoms with van der Waals surface area (Å²) in [6.07, 6.45) is 63.2. The molecule has 0 aliphatic heterocycles. The number of ether oxygens (including phenoxy) is 1. The summed E-state index contributed by atoms with van der Waals surface area (Å²) < 4.78 is 5.94. The van der Waals surface area contributed by atoms with Gasteiger partial charge in [0.25, 0.3) is 0 Å². The molecule has 0 heterocycles. The smallest absolute Gasteiger partial charge is 0.306 e. The zero-order chi connectivity index (χ0) is 46.7. The first kappa shape index (κ1) is 61.8. The third-order valence-electron chi connectivity index (χ3n) is 12.8. The molecule has 0 aromatic heterocycles. The Kier molecular flexibility index (Phi) is 50.0. The number of aliphatic hydroxyl groups is 2. The second-order valence-electron chi connectivity index (χ2n) is 19.1. The van der Waals surface area contributed by atoms with Crippen molar-refractivity contribution in [1.82, 2.24) is 5.32 Å². The topological polar surface area (TPSA) is 95.9 Å². The number of carbonyl (C=O) groups excluding carboxylic acids is 2. The highest BCUT2D eigenvalue weighted by Gasteiger charge is 2.24. The monoisotopic (exact) mass is 898 g/mol. The van der Waals surface area contributed by atoms with Crippen molar-refractivity contribution in [3.05, 3.63) is 48.6 Å². The van der Waals surface area contributed by atoms with Crippen molar-refractivity contribution < 1.29 is 24.5 Å². The van der Waals surface area contributed by atoms with E-state index in [1.54, 1.807) is 0 Å². The number of rotatable bonds is 50. The van der Waals surface area contributed by atoms with Gasteiger partial charge in [-0.15, -0.1) is 0 Å². The van der Waals surface area contributed by atoms with E-state index < -0.39 is 18.2 Å². The number of allylic oxidation sites excluding steroid dienone is 8. The van der Waals surface area contributed by atoms with Crippen LogP contribution in [0.25, 0.3) is 0 Å². The largest absolute Gasteiger partial charge is 0.462 e. The molecule has 64 heavy (non-hydrogen) atoms. The number of esters is 1. The predicted molar refractivity (Wildman–Crippen MR) is 278 cm³/mol. The van der Waals surface area contributed by atoms with Gasteiger partial charge in [-0.2, -0.15) is 0 Å². The van der Waals surface area contributed by atoms with Crippen LogP contribution in [0.4, 0.5) is 0 Å². The molecule has 3 atom stereocenters. The molecule has 0 spiro atoms. The van der Waals surface area contributed by atoms with Crippen LogP contribution in [-0.4, -0.2) is 46.9 Å². The molecule has 0 bridgehead atoms. The van der Waals surface area contributed by atoms with Crippen molar-refractivity contribution >= 4 is 11.9 Å². The Balaban J connectivity index is 4.58. The first-order valence-corrected chi connectivity index (χ1v) is 27.9. The minimum atomic E-state index is -0.797. The SMILES string of the molecule is CCCCC/C=C/C=C/C=C/C=C/CCCCCC(CC(=O)NC(CO)C(O)CCCCCCCCCCCC)OC(=O)CCCCCCCCCCCCCCCCCCCCC. The lowest BCUT2D eigenvalue weighted by molar-refractivity contribution is -0.151. The highest BCUT2D eigenvalue weighted by atomic mass is 16.5. The van der Waals surface area contributed by atoms with E-state index in [4.69, 9.17) is 4.74 Å². The summed E-state index contributed by atoms with van der Waals surface area (Å²) in [5.41, 5.74) is 0. The lowest BCUT2D eigenvalue weighted by atomic mass is 10.0. The van der Waals surface area contributed by atoms with Gasteiger partial charge < -0.3 is 20.3 Å². The van der Waals surface area contributed by atoms with Gasteiger partial charge >= 0.3 is 5.97 Å². The Labute approximate surface area is 397 Å². The summed E-state index contributed by atoms with van der Waals surface area (Å²) in [5, 5.41) is 23.7. The van der Waals surface area contributed by atoms with Crippen LogP contribution in [0.5, 0.6) is 0 Å². The highest BCUT2D eigenvalue weighted by Crippen LogP contribution is 2.18. The van der Waals surface area contributed by atoms with E-state index in [2.05, 4.69) is 74.7 Å². The molecule has 0 aliphatic rings. The third-order valence-corrected chi connectivity index (χ3v) is 12.8. The molecule has 1 amide bonds. The molecule has 0 saturated carbocycles. The quantitative estimate of drug-likeness (QED) is 0.0321. The van der Waals surface area contributed by atoms with Crippen molar-refractivity contribution in [3.63, 3.8) is 0 Å². The number of carbonyl (C=O) groups is 2. The molecule has 0 radical (unpaired) electrons. The number of amides is 1. The van der Waals surface area contributed by atoms with E-state index in [9.17, 15) is 19.8 Å². The molecule has 0 rings (SSSR count). The average Bonchev–Trinajstić information content (AvgIpc) is 3.29. The van der Waals surface area contributed by atoms with Crippen LogP contribution in [0.15, 0.2) is 48.6 Å². The molecule has 0 aromatic rings. The summed E-state index contributed by atoms with van der Waals surface area (Å²) in [4.78, 5) is 26.2. The first-order chi connectivity index (χ1) is 31.5. The van der Waals surface area contributed by atoms with E-state index in [1.807, 2.05) is 0 Å². The first-order valence-electron chi connectivity index (χ1n) is 27.9.